The molecule has 0 aliphatic heterocycles. The number of aromatic nitrogens is 1. The molecule has 0 spiro atoms. The van der Waals surface area contributed by atoms with Crippen molar-refractivity contribution in [3.05, 3.63) is 47.5 Å². The maximum atomic E-state index is 12.4. The average Bonchev–Trinajstić information content (AvgIpc) is 2.95. The summed E-state index contributed by atoms with van der Waals surface area (Å²) in [6.45, 7) is 3.99. The van der Waals surface area contributed by atoms with E-state index in [0.717, 1.165) is 5.56 Å². The summed E-state index contributed by atoms with van der Waals surface area (Å²) in [6, 6.07) is 6.98. The minimum absolute atomic E-state index is 0.194. The molecule has 20 heavy (non-hydrogen) atoms. The molecule has 102 valence electrons. The second-order valence-corrected chi connectivity index (χ2v) is 4.74. The van der Waals surface area contributed by atoms with Crippen molar-refractivity contribution in [3.8, 4) is 6.07 Å². The van der Waals surface area contributed by atoms with Crippen LogP contribution in [0.5, 0.6) is 0 Å². The Morgan fingerprint density at radius 3 is 2.85 bits per heavy atom. The van der Waals surface area contributed by atoms with Crippen LogP contribution in [0.1, 0.15) is 41.4 Å². The molecule has 1 amide bonds. The summed E-state index contributed by atoms with van der Waals surface area (Å²) in [6.07, 6.45) is 3.01. The zero-order valence-corrected chi connectivity index (χ0v) is 11.6. The first-order valence-electron chi connectivity index (χ1n) is 6.26. The summed E-state index contributed by atoms with van der Waals surface area (Å²) >= 11 is 0. The Morgan fingerprint density at radius 2 is 2.20 bits per heavy atom. The van der Waals surface area contributed by atoms with Gasteiger partial charge in [-0.3, -0.25) is 9.69 Å². The number of furan rings is 1. The Bertz CT molecular complexity index is 668. The van der Waals surface area contributed by atoms with Gasteiger partial charge in [-0.15, -0.1) is 0 Å². The lowest BCUT2D eigenvalue weighted by Gasteiger charge is -2.16. The number of carbonyl (C=O) groups is 1. The minimum Gasteiger partial charge on any atom is -0.459 e. The standard InChI is InChI=1S/C15H15N3O2/c1-10(2)12-5-7-20-14(12)15(19)18(3)13-8-11(9-16)4-6-17-13/h4-8,10H,1-3H3. The second-order valence-electron chi connectivity index (χ2n) is 4.74. The molecule has 0 aliphatic rings. The molecule has 0 atom stereocenters. The fourth-order valence-corrected chi connectivity index (χ4v) is 1.88. The predicted molar refractivity (Wildman–Crippen MR) is 74.5 cm³/mol. The highest BCUT2D eigenvalue weighted by molar-refractivity contribution is 6.04. The highest BCUT2D eigenvalue weighted by Crippen LogP contribution is 2.23. The third-order valence-corrected chi connectivity index (χ3v) is 3.03. The van der Waals surface area contributed by atoms with Gasteiger partial charge in [0.15, 0.2) is 5.76 Å². The number of nitrogens with zero attached hydrogens (tertiary/aromatic N) is 3. The number of rotatable bonds is 3. The minimum atomic E-state index is -0.277. The van der Waals surface area contributed by atoms with Gasteiger partial charge < -0.3 is 4.42 Å². The first-order chi connectivity index (χ1) is 9.54. The molecule has 0 aromatic carbocycles. The summed E-state index contributed by atoms with van der Waals surface area (Å²) in [4.78, 5) is 17.9. The van der Waals surface area contributed by atoms with Crippen molar-refractivity contribution in [2.24, 2.45) is 0 Å². The lowest BCUT2D eigenvalue weighted by Crippen LogP contribution is -2.27. The van der Waals surface area contributed by atoms with Crippen molar-refractivity contribution in [3.63, 3.8) is 0 Å². The van der Waals surface area contributed by atoms with Crippen LogP contribution < -0.4 is 4.90 Å². The van der Waals surface area contributed by atoms with Gasteiger partial charge in [0, 0.05) is 18.8 Å². The quantitative estimate of drug-likeness (QED) is 0.858. The van der Waals surface area contributed by atoms with Gasteiger partial charge in [-0.05, 0) is 24.1 Å². The van der Waals surface area contributed by atoms with Crippen molar-refractivity contribution in [2.45, 2.75) is 19.8 Å². The summed E-state index contributed by atoms with van der Waals surface area (Å²) < 4.78 is 5.30. The van der Waals surface area contributed by atoms with Crippen LogP contribution in [0.4, 0.5) is 5.82 Å². The van der Waals surface area contributed by atoms with E-state index in [4.69, 9.17) is 9.68 Å². The molecule has 0 N–H and O–H groups in total. The van der Waals surface area contributed by atoms with E-state index in [2.05, 4.69) is 4.98 Å². The largest absolute Gasteiger partial charge is 0.459 e. The normalized spacial score (nSPS) is 10.3. The molecule has 0 fully saturated rings. The van der Waals surface area contributed by atoms with Crippen LogP contribution in [0.15, 0.2) is 35.1 Å². The van der Waals surface area contributed by atoms with Crippen LogP contribution in [-0.2, 0) is 0 Å². The summed E-state index contributed by atoms with van der Waals surface area (Å²) in [5, 5.41) is 8.88. The number of pyridine rings is 1. The smallest absolute Gasteiger partial charge is 0.295 e. The molecular weight excluding hydrogens is 254 g/mol. The van der Waals surface area contributed by atoms with E-state index in [0.29, 0.717) is 17.1 Å². The van der Waals surface area contributed by atoms with Gasteiger partial charge in [-0.1, -0.05) is 13.8 Å². The van der Waals surface area contributed by atoms with E-state index in [9.17, 15) is 4.79 Å². The molecule has 5 nitrogen and oxygen atoms in total. The zero-order valence-electron chi connectivity index (χ0n) is 11.6. The van der Waals surface area contributed by atoms with E-state index in [1.54, 1.807) is 25.2 Å². The molecule has 0 saturated heterocycles. The number of nitriles is 1. The highest BCUT2D eigenvalue weighted by Gasteiger charge is 2.22. The van der Waals surface area contributed by atoms with Crippen molar-refractivity contribution in [1.29, 1.82) is 5.26 Å². The predicted octanol–water partition coefficient (Wildman–Crippen LogP) is 2.95. The maximum Gasteiger partial charge on any atom is 0.295 e. The van der Waals surface area contributed by atoms with Crippen molar-refractivity contribution in [2.75, 3.05) is 11.9 Å². The first kappa shape index (κ1) is 13.8. The topological polar surface area (TPSA) is 70.1 Å². The van der Waals surface area contributed by atoms with Crippen molar-refractivity contribution >= 4 is 11.7 Å². The zero-order chi connectivity index (χ0) is 14.7. The number of hydrogen-bond donors (Lipinski definition) is 0. The van der Waals surface area contributed by atoms with Gasteiger partial charge in [0.1, 0.15) is 5.82 Å². The van der Waals surface area contributed by atoms with Gasteiger partial charge in [-0.2, -0.15) is 5.26 Å². The Labute approximate surface area is 117 Å². The third-order valence-electron chi connectivity index (χ3n) is 3.03. The van der Waals surface area contributed by atoms with Gasteiger partial charge in [0.05, 0.1) is 17.9 Å². The molecule has 0 radical (unpaired) electrons. The van der Waals surface area contributed by atoms with E-state index >= 15 is 0 Å². The van der Waals surface area contributed by atoms with Crippen LogP contribution in [-0.4, -0.2) is 17.9 Å². The fourth-order valence-electron chi connectivity index (χ4n) is 1.88. The molecule has 0 bridgehead atoms. The molecule has 0 saturated carbocycles. The molecule has 2 rings (SSSR count). The van der Waals surface area contributed by atoms with Crippen LogP contribution in [0.3, 0.4) is 0 Å². The summed E-state index contributed by atoms with van der Waals surface area (Å²) in [7, 11) is 1.61. The highest BCUT2D eigenvalue weighted by atomic mass is 16.3. The number of amides is 1. The van der Waals surface area contributed by atoms with Crippen molar-refractivity contribution < 1.29 is 9.21 Å². The second kappa shape index (κ2) is 5.57. The molecule has 0 aliphatic carbocycles. The van der Waals surface area contributed by atoms with Gasteiger partial charge in [0.25, 0.3) is 5.91 Å². The van der Waals surface area contributed by atoms with Crippen LogP contribution >= 0.6 is 0 Å². The van der Waals surface area contributed by atoms with E-state index in [1.165, 1.54) is 17.4 Å². The lowest BCUT2D eigenvalue weighted by atomic mass is 10.0. The molecule has 0 unspecified atom stereocenters. The summed E-state index contributed by atoms with van der Waals surface area (Å²) in [5.41, 5.74) is 1.32. The molecule has 2 heterocycles. The van der Waals surface area contributed by atoms with Crippen LogP contribution in [0.25, 0.3) is 0 Å². The van der Waals surface area contributed by atoms with E-state index < -0.39 is 0 Å². The van der Waals surface area contributed by atoms with Crippen molar-refractivity contribution in [1.82, 2.24) is 4.98 Å². The third kappa shape index (κ3) is 2.54. The van der Waals surface area contributed by atoms with Gasteiger partial charge >= 0.3 is 0 Å². The summed E-state index contributed by atoms with van der Waals surface area (Å²) in [5.74, 6) is 0.646. The number of carbonyl (C=O) groups excluding carboxylic acids is 1. The van der Waals surface area contributed by atoms with Gasteiger partial charge in [0.2, 0.25) is 0 Å². The van der Waals surface area contributed by atoms with Crippen LogP contribution in [0, 0.1) is 11.3 Å². The Morgan fingerprint density at radius 1 is 1.45 bits per heavy atom. The number of hydrogen-bond acceptors (Lipinski definition) is 4. The van der Waals surface area contributed by atoms with E-state index in [1.807, 2.05) is 19.9 Å². The Hall–Kier alpha value is -2.61. The first-order valence-corrected chi connectivity index (χ1v) is 6.26. The lowest BCUT2D eigenvalue weighted by molar-refractivity contribution is 0.0964. The van der Waals surface area contributed by atoms with Gasteiger partial charge in [-0.25, -0.2) is 4.98 Å². The molecule has 2 aromatic rings. The van der Waals surface area contributed by atoms with E-state index in [-0.39, 0.29) is 11.8 Å². The Balaban J connectivity index is 2.33. The monoisotopic (exact) mass is 269 g/mol. The average molecular weight is 269 g/mol. The number of anilines is 1. The Kier molecular flexibility index (Phi) is 3.85. The molecule has 2 aromatic heterocycles. The fraction of sp³-hybridized carbons (Fsp3) is 0.267. The molecular formula is C15H15N3O2. The maximum absolute atomic E-state index is 12.4. The van der Waals surface area contributed by atoms with Crippen LogP contribution in [0.2, 0.25) is 0 Å². The SMILES string of the molecule is CC(C)c1ccoc1C(=O)N(C)c1cc(C#N)ccn1. The molecule has 5 heteroatoms.